The lowest BCUT2D eigenvalue weighted by Gasteiger charge is -2.14. The van der Waals surface area contributed by atoms with Gasteiger partial charge in [0, 0.05) is 12.0 Å². The molecule has 0 bridgehead atoms. The fraction of sp³-hybridized carbons (Fsp3) is 0.235. The monoisotopic (exact) mass is 254 g/mol. The maximum absolute atomic E-state index is 11.2. The standard InChI is InChI=1S/C17H18O2/c1-3-17(18)19-16-11-10-15(12-13(16)2)14-8-6-4-5-7-9-14/h3-6,8,10-12,14H,1,7,9H2,2H3. The van der Waals surface area contributed by atoms with Gasteiger partial charge in [0.15, 0.2) is 0 Å². The molecule has 0 aliphatic heterocycles. The molecule has 0 spiro atoms. The molecule has 1 aromatic carbocycles. The van der Waals surface area contributed by atoms with Gasteiger partial charge in [-0.05, 0) is 37.0 Å². The summed E-state index contributed by atoms with van der Waals surface area (Å²) in [6, 6.07) is 5.98. The molecule has 2 rings (SSSR count). The lowest BCUT2D eigenvalue weighted by molar-refractivity contribution is -0.129. The first-order valence-electron chi connectivity index (χ1n) is 6.49. The van der Waals surface area contributed by atoms with Crippen molar-refractivity contribution < 1.29 is 9.53 Å². The molecule has 0 fully saturated rings. The first kappa shape index (κ1) is 13.3. The van der Waals surface area contributed by atoms with Crippen LogP contribution in [-0.4, -0.2) is 5.97 Å². The third-order valence-corrected chi connectivity index (χ3v) is 3.24. The quantitative estimate of drug-likeness (QED) is 0.461. The Morgan fingerprint density at radius 2 is 2.26 bits per heavy atom. The predicted molar refractivity (Wildman–Crippen MR) is 77.3 cm³/mol. The van der Waals surface area contributed by atoms with Gasteiger partial charge in [0.1, 0.15) is 5.75 Å². The van der Waals surface area contributed by atoms with E-state index in [-0.39, 0.29) is 0 Å². The highest BCUT2D eigenvalue weighted by molar-refractivity contribution is 5.83. The molecule has 19 heavy (non-hydrogen) atoms. The van der Waals surface area contributed by atoms with Crippen LogP contribution in [0.4, 0.5) is 0 Å². The van der Waals surface area contributed by atoms with Crippen molar-refractivity contribution in [1.82, 2.24) is 0 Å². The molecule has 1 atom stereocenters. The maximum Gasteiger partial charge on any atom is 0.335 e. The number of allylic oxidation sites excluding steroid dienone is 4. The number of carbonyl (C=O) groups is 1. The number of hydrogen-bond acceptors (Lipinski definition) is 2. The molecular formula is C17H18O2. The summed E-state index contributed by atoms with van der Waals surface area (Å²) in [5, 5.41) is 0. The molecule has 1 aromatic rings. The second kappa shape index (κ2) is 6.19. The van der Waals surface area contributed by atoms with Crippen LogP contribution in [0.5, 0.6) is 5.75 Å². The summed E-state index contributed by atoms with van der Waals surface area (Å²) in [6.07, 6.45) is 12.0. The highest BCUT2D eigenvalue weighted by Gasteiger charge is 2.11. The van der Waals surface area contributed by atoms with Crippen LogP contribution in [0.1, 0.15) is 29.9 Å². The van der Waals surface area contributed by atoms with Crippen molar-refractivity contribution in [2.24, 2.45) is 0 Å². The van der Waals surface area contributed by atoms with Crippen LogP contribution in [-0.2, 0) is 4.79 Å². The lowest BCUT2D eigenvalue weighted by Crippen LogP contribution is -2.05. The van der Waals surface area contributed by atoms with Crippen molar-refractivity contribution in [3.63, 3.8) is 0 Å². The summed E-state index contributed by atoms with van der Waals surface area (Å²) >= 11 is 0. The Labute approximate surface area is 114 Å². The summed E-state index contributed by atoms with van der Waals surface area (Å²) in [4.78, 5) is 11.2. The second-order valence-electron chi connectivity index (χ2n) is 4.65. The third kappa shape index (κ3) is 3.44. The van der Waals surface area contributed by atoms with Crippen LogP contribution in [0, 0.1) is 6.92 Å². The summed E-state index contributed by atoms with van der Waals surface area (Å²) < 4.78 is 5.17. The Hall–Kier alpha value is -2.09. The van der Waals surface area contributed by atoms with Crippen molar-refractivity contribution in [2.45, 2.75) is 25.7 Å². The van der Waals surface area contributed by atoms with Crippen LogP contribution >= 0.6 is 0 Å². The van der Waals surface area contributed by atoms with E-state index in [9.17, 15) is 4.79 Å². The summed E-state index contributed by atoms with van der Waals surface area (Å²) in [5.74, 6) is 0.608. The highest BCUT2D eigenvalue weighted by Crippen LogP contribution is 2.29. The molecule has 2 nitrogen and oxygen atoms in total. The smallest absolute Gasteiger partial charge is 0.335 e. The van der Waals surface area contributed by atoms with Crippen LogP contribution in [0.25, 0.3) is 0 Å². The van der Waals surface area contributed by atoms with E-state index in [0.29, 0.717) is 11.7 Å². The van der Waals surface area contributed by atoms with Gasteiger partial charge in [0.25, 0.3) is 0 Å². The van der Waals surface area contributed by atoms with Gasteiger partial charge >= 0.3 is 5.97 Å². The van der Waals surface area contributed by atoms with E-state index in [1.165, 1.54) is 11.6 Å². The van der Waals surface area contributed by atoms with Gasteiger partial charge in [-0.1, -0.05) is 43.0 Å². The number of carbonyl (C=O) groups excluding carboxylic acids is 1. The van der Waals surface area contributed by atoms with E-state index in [2.05, 4.69) is 36.9 Å². The normalized spacial score (nSPS) is 17.8. The largest absolute Gasteiger partial charge is 0.423 e. The zero-order valence-corrected chi connectivity index (χ0v) is 11.1. The van der Waals surface area contributed by atoms with E-state index in [1.807, 2.05) is 19.1 Å². The Balaban J connectivity index is 2.18. The van der Waals surface area contributed by atoms with Gasteiger partial charge in [0.05, 0.1) is 0 Å². The van der Waals surface area contributed by atoms with Crippen LogP contribution in [0.3, 0.4) is 0 Å². The number of ether oxygens (including phenoxy) is 1. The van der Waals surface area contributed by atoms with Crippen molar-refractivity contribution in [2.75, 3.05) is 0 Å². The van der Waals surface area contributed by atoms with E-state index in [0.717, 1.165) is 18.4 Å². The second-order valence-corrected chi connectivity index (χ2v) is 4.65. The molecule has 0 N–H and O–H groups in total. The van der Waals surface area contributed by atoms with E-state index in [1.54, 1.807) is 0 Å². The predicted octanol–water partition coefficient (Wildman–Crippen LogP) is 4.08. The summed E-state index contributed by atoms with van der Waals surface area (Å²) in [6.45, 7) is 5.35. The number of hydrogen-bond donors (Lipinski definition) is 0. The molecule has 98 valence electrons. The summed E-state index contributed by atoms with van der Waals surface area (Å²) in [7, 11) is 0. The SMILES string of the molecule is C=CC(=O)Oc1ccc(C2C=CC=CCC2)cc1C. The molecular weight excluding hydrogens is 236 g/mol. The fourth-order valence-electron chi connectivity index (χ4n) is 2.19. The molecule has 0 radical (unpaired) electrons. The molecule has 1 aliphatic carbocycles. The van der Waals surface area contributed by atoms with Gasteiger partial charge in [0.2, 0.25) is 0 Å². The lowest BCUT2D eigenvalue weighted by atomic mass is 9.93. The van der Waals surface area contributed by atoms with Crippen LogP contribution < -0.4 is 4.74 Å². The molecule has 0 saturated carbocycles. The van der Waals surface area contributed by atoms with Gasteiger partial charge in [-0.15, -0.1) is 0 Å². The van der Waals surface area contributed by atoms with Crippen LogP contribution in [0.15, 0.2) is 55.2 Å². The van der Waals surface area contributed by atoms with Gasteiger partial charge in [-0.2, -0.15) is 0 Å². The van der Waals surface area contributed by atoms with Crippen molar-refractivity contribution in [1.29, 1.82) is 0 Å². The van der Waals surface area contributed by atoms with Crippen LogP contribution in [0.2, 0.25) is 0 Å². The zero-order chi connectivity index (χ0) is 13.7. The number of rotatable bonds is 3. The molecule has 0 aromatic heterocycles. The molecule has 2 heteroatoms. The highest BCUT2D eigenvalue weighted by atomic mass is 16.5. The molecule has 0 saturated heterocycles. The Bertz CT molecular complexity index is 538. The van der Waals surface area contributed by atoms with Crippen molar-refractivity contribution in [3.8, 4) is 5.75 Å². The first-order chi connectivity index (χ1) is 9.20. The van der Waals surface area contributed by atoms with E-state index < -0.39 is 5.97 Å². The Kier molecular flexibility index (Phi) is 4.35. The molecule has 1 unspecified atom stereocenters. The molecule has 0 amide bonds. The number of aryl methyl sites for hydroxylation is 1. The van der Waals surface area contributed by atoms with Gasteiger partial charge in [-0.25, -0.2) is 4.79 Å². The number of esters is 1. The maximum atomic E-state index is 11.2. The minimum absolute atomic E-state index is 0.422. The average Bonchev–Trinajstić information content (AvgIpc) is 2.69. The topological polar surface area (TPSA) is 26.3 Å². The zero-order valence-electron chi connectivity index (χ0n) is 11.1. The van der Waals surface area contributed by atoms with Crippen molar-refractivity contribution >= 4 is 5.97 Å². The molecule has 0 heterocycles. The fourth-order valence-corrected chi connectivity index (χ4v) is 2.19. The Morgan fingerprint density at radius 3 is 3.00 bits per heavy atom. The minimum atomic E-state index is -0.422. The number of benzene rings is 1. The van der Waals surface area contributed by atoms with E-state index >= 15 is 0 Å². The summed E-state index contributed by atoms with van der Waals surface area (Å²) in [5.41, 5.74) is 2.23. The van der Waals surface area contributed by atoms with Gasteiger partial charge < -0.3 is 4.74 Å². The van der Waals surface area contributed by atoms with Gasteiger partial charge in [-0.3, -0.25) is 0 Å². The minimum Gasteiger partial charge on any atom is -0.423 e. The molecule has 1 aliphatic rings. The Morgan fingerprint density at radius 1 is 1.42 bits per heavy atom. The third-order valence-electron chi connectivity index (χ3n) is 3.24. The van der Waals surface area contributed by atoms with Crippen molar-refractivity contribution in [3.05, 3.63) is 66.3 Å². The average molecular weight is 254 g/mol. The first-order valence-corrected chi connectivity index (χ1v) is 6.49. The van der Waals surface area contributed by atoms with E-state index in [4.69, 9.17) is 4.74 Å².